The second kappa shape index (κ2) is 9.46. The molecule has 0 atom stereocenters. The summed E-state index contributed by atoms with van der Waals surface area (Å²) in [4.78, 5) is 25.3. The monoisotopic (exact) mass is 478 g/mol. The molecule has 0 aromatic carbocycles. The van der Waals surface area contributed by atoms with Crippen LogP contribution in [0.4, 0.5) is 4.79 Å². The van der Waals surface area contributed by atoms with Gasteiger partial charge >= 0.3 is 6.09 Å². The molecule has 10 heteroatoms. The molecule has 10 nitrogen and oxygen atoms in total. The Kier molecular flexibility index (Phi) is 6.21. The number of carboxylic acid groups (broad SMARTS) is 1. The number of aryl methyl sites for hydroxylation is 1. The molecule has 1 fully saturated rings. The van der Waals surface area contributed by atoms with Crippen LogP contribution in [0.1, 0.15) is 18.4 Å². The summed E-state index contributed by atoms with van der Waals surface area (Å²) >= 11 is 0. The number of likely N-dealkylation sites (tertiary alicyclic amines) is 1. The lowest BCUT2D eigenvalue weighted by molar-refractivity contribution is 0.124. The van der Waals surface area contributed by atoms with E-state index in [-0.39, 0.29) is 0 Å². The molecule has 0 unspecified atom stereocenters. The second-order valence-corrected chi connectivity index (χ2v) is 8.98. The summed E-state index contributed by atoms with van der Waals surface area (Å²) in [6, 6.07) is 6.09. The van der Waals surface area contributed by atoms with Crippen LogP contribution in [0.15, 0.2) is 30.6 Å². The molecule has 4 aromatic heterocycles. The molecule has 1 saturated heterocycles. The predicted octanol–water partition coefficient (Wildman–Crippen LogP) is 3.61. The van der Waals surface area contributed by atoms with E-state index in [9.17, 15) is 4.79 Å². The van der Waals surface area contributed by atoms with Crippen LogP contribution in [-0.2, 0) is 13.6 Å². The lowest BCUT2D eigenvalue weighted by Gasteiger charge is -2.30. The number of fused-ring (bicyclic) bond motifs is 2. The van der Waals surface area contributed by atoms with Crippen molar-refractivity contribution in [2.75, 3.05) is 33.9 Å². The molecule has 0 bridgehead atoms. The first-order chi connectivity index (χ1) is 17.0. The third-order valence-corrected chi connectivity index (χ3v) is 6.85. The number of ether oxygens (including phenoxy) is 2. The number of carbonyl (C=O) groups is 1. The molecule has 1 aliphatic heterocycles. The molecular weight excluding hydrogens is 448 g/mol. The molecule has 1 amide bonds. The zero-order chi connectivity index (χ0) is 24.5. The third-order valence-electron chi connectivity index (χ3n) is 6.85. The van der Waals surface area contributed by atoms with Gasteiger partial charge in [-0.25, -0.2) is 14.8 Å². The SMILES string of the molecule is COc1cc2c(nc1OC)c(-c1cc3c(CNCC4CCN(C(=O)O)CC4)ccnc3[nH]1)cn2C. The normalized spacial score (nSPS) is 14.7. The van der Waals surface area contributed by atoms with E-state index in [2.05, 4.69) is 21.4 Å². The average molecular weight is 479 g/mol. The van der Waals surface area contributed by atoms with E-state index in [1.807, 2.05) is 36.1 Å². The summed E-state index contributed by atoms with van der Waals surface area (Å²) in [5, 5.41) is 13.8. The topological polar surface area (TPSA) is 118 Å². The fourth-order valence-electron chi connectivity index (χ4n) is 4.87. The number of H-pyrrole nitrogens is 1. The van der Waals surface area contributed by atoms with Crippen molar-refractivity contribution < 1.29 is 19.4 Å². The summed E-state index contributed by atoms with van der Waals surface area (Å²) < 4.78 is 12.9. The van der Waals surface area contributed by atoms with Crippen LogP contribution >= 0.6 is 0 Å². The molecule has 3 N–H and O–H groups in total. The third kappa shape index (κ3) is 4.37. The Bertz CT molecular complexity index is 1370. The molecule has 5 heterocycles. The van der Waals surface area contributed by atoms with Crippen LogP contribution in [0, 0.1) is 5.92 Å². The number of aromatic nitrogens is 4. The van der Waals surface area contributed by atoms with E-state index in [4.69, 9.17) is 19.6 Å². The van der Waals surface area contributed by atoms with Gasteiger partial charge in [-0.2, -0.15) is 0 Å². The molecule has 0 saturated carbocycles. The maximum atomic E-state index is 11.1. The van der Waals surface area contributed by atoms with Crippen LogP contribution in [0.25, 0.3) is 33.3 Å². The van der Waals surface area contributed by atoms with E-state index in [0.717, 1.165) is 58.3 Å². The maximum absolute atomic E-state index is 11.1. The Morgan fingerprint density at radius 3 is 2.77 bits per heavy atom. The number of amides is 1. The number of pyridine rings is 2. The summed E-state index contributed by atoms with van der Waals surface area (Å²) in [5.74, 6) is 1.52. The zero-order valence-corrected chi connectivity index (χ0v) is 20.2. The summed E-state index contributed by atoms with van der Waals surface area (Å²) in [6.07, 6.45) is 4.82. The Hall–Kier alpha value is -3.79. The van der Waals surface area contributed by atoms with Crippen LogP contribution in [0.3, 0.4) is 0 Å². The summed E-state index contributed by atoms with van der Waals surface area (Å²) in [6.45, 7) is 2.80. The standard InChI is InChI=1S/C25H30N6O4/c1-30-14-18(22-20(30)11-21(34-2)24(29-22)35-3)19-10-17-16(4-7-27-23(17)28-19)13-26-12-15-5-8-31(9-6-15)25(32)33/h4,7,10-11,14-15,26H,5-6,8-9,12-13H2,1-3H3,(H,27,28)(H,32,33). The van der Waals surface area contributed by atoms with E-state index in [1.165, 1.54) is 4.90 Å². The smallest absolute Gasteiger partial charge is 0.407 e. The first-order valence-electron chi connectivity index (χ1n) is 11.7. The van der Waals surface area contributed by atoms with Gasteiger partial charge in [0.25, 0.3) is 5.88 Å². The van der Waals surface area contributed by atoms with Crippen molar-refractivity contribution >= 4 is 28.2 Å². The summed E-state index contributed by atoms with van der Waals surface area (Å²) in [7, 11) is 5.17. The molecule has 5 rings (SSSR count). The highest BCUT2D eigenvalue weighted by atomic mass is 16.5. The van der Waals surface area contributed by atoms with Crippen molar-refractivity contribution in [1.82, 2.24) is 29.7 Å². The van der Waals surface area contributed by atoms with Gasteiger partial charge < -0.3 is 34.3 Å². The molecule has 184 valence electrons. The minimum absolute atomic E-state index is 0.445. The van der Waals surface area contributed by atoms with Gasteiger partial charge in [-0.05, 0) is 43.0 Å². The Labute approximate surface area is 202 Å². The van der Waals surface area contributed by atoms with Gasteiger partial charge in [-0.3, -0.25) is 0 Å². The summed E-state index contributed by atoms with van der Waals surface area (Å²) in [5.41, 5.74) is 5.65. The molecule has 0 spiro atoms. The molecule has 1 aliphatic rings. The van der Waals surface area contributed by atoms with Crippen LogP contribution in [0.2, 0.25) is 0 Å². The van der Waals surface area contributed by atoms with E-state index >= 15 is 0 Å². The van der Waals surface area contributed by atoms with Gasteiger partial charge in [0.15, 0.2) is 5.75 Å². The number of hydrogen-bond donors (Lipinski definition) is 3. The molecule has 4 aromatic rings. The van der Waals surface area contributed by atoms with E-state index in [1.54, 1.807) is 14.2 Å². The Morgan fingerprint density at radius 1 is 1.26 bits per heavy atom. The zero-order valence-electron chi connectivity index (χ0n) is 20.2. The lowest BCUT2D eigenvalue weighted by Crippen LogP contribution is -2.39. The van der Waals surface area contributed by atoms with Crippen LogP contribution in [-0.4, -0.2) is 69.5 Å². The lowest BCUT2D eigenvalue weighted by atomic mass is 9.97. The van der Waals surface area contributed by atoms with Crippen molar-refractivity contribution in [2.24, 2.45) is 13.0 Å². The minimum atomic E-state index is -0.821. The highest BCUT2D eigenvalue weighted by Crippen LogP contribution is 2.36. The highest BCUT2D eigenvalue weighted by molar-refractivity contribution is 5.96. The van der Waals surface area contributed by atoms with Crippen molar-refractivity contribution in [2.45, 2.75) is 19.4 Å². The van der Waals surface area contributed by atoms with Gasteiger partial charge in [0.05, 0.1) is 25.4 Å². The molecule has 0 radical (unpaired) electrons. The Morgan fingerprint density at radius 2 is 2.06 bits per heavy atom. The van der Waals surface area contributed by atoms with E-state index in [0.29, 0.717) is 37.2 Å². The van der Waals surface area contributed by atoms with Gasteiger partial charge in [0.1, 0.15) is 11.2 Å². The second-order valence-electron chi connectivity index (χ2n) is 8.98. The largest absolute Gasteiger partial charge is 0.491 e. The van der Waals surface area contributed by atoms with Gasteiger partial charge in [-0.1, -0.05) is 0 Å². The maximum Gasteiger partial charge on any atom is 0.407 e. The minimum Gasteiger partial charge on any atom is -0.491 e. The average Bonchev–Trinajstić information content (AvgIpc) is 3.44. The van der Waals surface area contributed by atoms with Crippen molar-refractivity contribution in [3.05, 3.63) is 36.2 Å². The number of rotatable bonds is 7. The number of aromatic amines is 1. The number of nitrogens with zero attached hydrogens (tertiary/aromatic N) is 4. The van der Waals surface area contributed by atoms with Crippen LogP contribution < -0.4 is 14.8 Å². The van der Waals surface area contributed by atoms with Crippen LogP contribution in [0.5, 0.6) is 11.6 Å². The van der Waals surface area contributed by atoms with Crippen molar-refractivity contribution in [3.8, 4) is 22.9 Å². The first-order valence-corrected chi connectivity index (χ1v) is 11.7. The molecular formula is C25H30N6O4. The van der Waals surface area contributed by atoms with Gasteiger partial charge in [0.2, 0.25) is 0 Å². The Balaban J connectivity index is 1.37. The fraction of sp³-hybridized carbons (Fsp3) is 0.400. The first kappa shape index (κ1) is 23.0. The van der Waals surface area contributed by atoms with Gasteiger partial charge in [-0.15, -0.1) is 0 Å². The molecule has 0 aliphatic carbocycles. The van der Waals surface area contributed by atoms with Crippen molar-refractivity contribution in [3.63, 3.8) is 0 Å². The quantitative estimate of drug-likeness (QED) is 0.371. The highest BCUT2D eigenvalue weighted by Gasteiger charge is 2.22. The molecule has 35 heavy (non-hydrogen) atoms. The fourth-order valence-corrected chi connectivity index (χ4v) is 4.87. The number of hydrogen-bond acceptors (Lipinski definition) is 6. The predicted molar refractivity (Wildman–Crippen MR) is 133 cm³/mol. The van der Waals surface area contributed by atoms with E-state index < -0.39 is 6.09 Å². The number of piperidine rings is 1. The van der Waals surface area contributed by atoms with Gasteiger partial charge in [0, 0.05) is 56.1 Å². The number of nitrogens with one attached hydrogen (secondary N) is 2. The number of methoxy groups -OCH3 is 2. The van der Waals surface area contributed by atoms with Crippen molar-refractivity contribution in [1.29, 1.82) is 0 Å².